The lowest BCUT2D eigenvalue weighted by Crippen LogP contribution is -2.38. The second-order valence-corrected chi connectivity index (χ2v) is 7.16. The third-order valence-corrected chi connectivity index (χ3v) is 4.64. The number of rotatable bonds is 6. The number of fused-ring (bicyclic) bond motifs is 1. The molecular formula is C16H23BrN2O2. The first-order valence-corrected chi connectivity index (χ1v) is 8.44. The summed E-state index contributed by atoms with van der Waals surface area (Å²) in [6.07, 6.45) is 2.57. The highest BCUT2D eigenvalue weighted by Gasteiger charge is 2.35. The van der Waals surface area contributed by atoms with Crippen LogP contribution in [0.2, 0.25) is 0 Å². The molecule has 1 fully saturated rings. The van der Waals surface area contributed by atoms with Gasteiger partial charge in [-0.15, -0.1) is 0 Å². The van der Waals surface area contributed by atoms with Gasteiger partial charge >= 0.3 is 0 Å². The molecule has 1 aliphatic carbocycles. The SMILES string of the molecule is CC(C)CN(C1CC1)C(CN)c1cc(Br)c2c(c1)OCO2. The molecule has 1 saturated carbocycles. The van der Waals surface area contributed by atoms with Gasteiger partial charge in [-0.05, 0) is 52.4 Å². The fraction of sp³-hybridized carbons (Fsp3) is 0.625. The van der Waals surface area contributed by atoms with Crippen LogP contribution in [-0.2, 0) is 0 Å². The standard InChI is InChI=1S/C16H23BrN2O2/c1-10(2)8-19(12-3-4-12)14(7-18)11-5-13(17)16-15(6-11)20-9-21-16/h5-6,10,12,14H,3-4,7-9,18H2,1-2H3. The summed E-state index contributed by atoms with van der Waals surface area (Å²) in [5.41, 5.74) is 7.32. The zero-order valence-electron chi connectivity index (χ0n) is 12.6. The minimum atomic E-state index is 0.241. The van der Waals surface area contributed by atoms with Crippen LogP contribution in [0.25, 0.3) is 0 Å². The predicted molar refractivity (Wildman–Crippen MR) is 86.6 cm³/mol. The van der Waals surface area contributed by atoms with Crippen molar-refractivity contribution in [1.29, 1.82) is 0 Å². The van der Waals surface area contributed by atoms with Crippen molar-refractivity contribution >= 4 is 15.9 Å². The van der Waals surface area contributed by atoms with E-state index in [1.807, 2.05) is 0 Å². The van der Waals surface area contributed by atoms with Crippen LogP contribution in [0.3, 0.4) is 0 Å². The molecule has 1 aliphatic heterocycles. The number of hydrogen-bond acceptors (Lipinski definition) is 4. The second kappa shape index (κ2) is 6.15. The van der Waals surface area contributed by atoms with Gasteiger partial charge in [0.15, 0.2) is 11.5 Å². The van der Waals surface area contributed by atoms with E-state index in [0.717, 1.165) is 22.5 Å². The maximum absolute atomic E-state index is 6.11. The van der Waals surface area contributed by atoms with Gasteiger partial charge in [-0.2, -0.15) is 0 Å². The lowest BCUT2D eigenvalue weighted by atomic mass is 10.0. The van der Waals surface area contributed by atoms with Crippen LogP contribution >= 0.6 is 15.9 Å². The topological polar surface area (TPSA) is 47.7 Å². The van der Waals surface area contributed by atoms with Crippen LogP contribution in [0, 0.1) is 5.92 Å². The fourth-order valence-electron chi connectivity index (χ4n) is 3.00. The molecule has 3 rings (SSSR count). The van der Waals surface area contributed by atoms with Crippen LogP contribution in [0.4, 0.5) is 0 Å². The van der Waals surface area contributed by atoms with Crippen molar-refractivity contribution < 1.29 is 9.47 Å². The van der Waals surface area contributed by atoms with Crippen LogP contribution in [0.5, 0.6) is 11.5 Å². The molecule has 1 unspecified atom stereocenters. The molecule has 0 bridgehead atoms. The van der Waals surface area contributed by atoms with E-state index in [4.69, 9.17) is 15.2 Å². The van der Waals surface area contributed by atoms with E-state index in [9.17, 15) is 0 Å². The highest BCUT2D eigenvalue weighted by molar-refractivity contribution is 9.10. The van der Waals surface area contributed by atoms with Crippen molar-refractivity contribution in [1.82, 2.24) is 4.90 Å². The van der Waals surface area contributed by atoms with Gasteiger partial charge in [0.25, 0.3) is 0 Å². The van der Waals surface area contributed by atoms with E-state index >= 15 is 0 Å². The summed E-state index contributed by atoms with van der Waals surface area (Å²) in [5, 5.41) is 0. The quantitative estimate of drug-likeness (QED) is 0.851. The Labute approximate surface area is 134 Å². The molecule has 1 atom stereocenters. The third kappa shape index (κ3) is 3.20. The first kappa shape index (κ1) is 15.1. The van der Waals surface area contributed by atoms with Crippen molar-refractivity contribution in [2.45, 2.75) is 38.8 Å². The highest BCUT2D eigenvalue weighted by Crippen LogP contribution is 2.43. The smallest absolute Gasteiger partial charge is 0.231 e. The number of halogens is 1. The van der Waals surface area contributed by atoms with E-state index < -0.39 is 0 Å². The predicted octanol–water partition coefficient (Wildman–Crippen LogP) is 3.30. The number of nitrogens with zero attached hydrogens (tertiary/aromatic N) is 1. The van der Waals surface area contributed by atoms with Gasteiger partial charge < -0.3 is 15.2 Å². The van der Waals surface area contributed by atoms with Crippen molar-refractivity contribution in [3.05, 3.63) is 22.2 Å². The lowest BCUT2D eigenvalue weighted by molar-refractivity contribution is 0.168. The Balaban J connectivity index is 1.89. The Morgan fingerprint density at radius 3 is 2.71 bits per heavy atom. The second-order valence-electron chi connectivity index (χ2n) is 6.31. The highest BCUT2D eigenvalue weighted by atomic mass is 79.9. The molecule has 0 aromatic heterocycles. The zero-order valence-corrected chi connectivity index (χ0v) is 14.2. The summed E-state index contributed by atoms with van der Waals surface area (Å²) >= 11 is 3.58. The summed E-state index contributed by atoms with van der Waals surface area (Å²) in [6, 6.07) is 5.14. The van der Waals surface area contributed by atoms with Gasteiger partial charge in [-0.1, -0.05) is 13.8 Å². The molecule has 0 spiro atoms. The van der Waals surface area contributed by atoms with Crippen LogP contribution in [0.15, 0.2) is 16.6 Å². The first-order valence-electron chi connectivity index (χ1n) is 7.65. The summed E-state index contributed by atoms with van der Waals surface area (Å²) in [6.45, 7) is 6.52. The lowest BCUT2D eigenvalue weighted by Gasteiger charge is -2.33. The van der Waals surface area contributed by atoms with E-state index in [-0.39, 0.29) is 6.04 Å². The molecule has 1 aromatic rings. The third-order valence-electron chi connectivity index (χ3n) is 4.05. The van der Waals surface area contributed by atoms with Crippen LogP contribution in [-0.4, -0.2) is 30.8 Å². The molecule has 2 aliphatic rings. The molecule has 0 amide bonds. The Morgan fingerprint density at radius 2 is 2.10 bits per heavy atom. The Bertz CT molecular complexity index is 517. The van der Waals surface area contributed by atoms with E-state index in [2.05, 4.69) is 46.8 Å². The minimum absolute atomic E-state index is 0.241. The van der Waals surface area contributed by atoms with Crippen molar-refractivity contribution in [2.24, 2.45) is 11.7 Å². The number of ether oxygens (including phenoxy) is 2. The van der Waals surface area contributed by atoms with E-state index in [1.165, 1.54) is 18.4 Å². The van der Waals surface area contributed by atoms with Crippen LogP contribution in [0.1, 0.15) is 38.3 Å². The molecule has 1 aromatic carbocycles. The van der Waals surface area contributed by atoms with Crippen molar-refractivity contribution in [3.63, 3.8) is 0 Å². The summed E-state index contributed by atoms with van der Waals surface area (Å²) in [5.74, 6) is 2.26. The number of benzene rings is 1. The Morgan fingerprint density at radius 1 is 1.33 bits per heavy atom. The van der Waals surface area contributed by atoms with Gasteiger partial charge in [-0.3, -0.25) is 4.90 Å². The summed E-state index contributed by atoms with van der Waals surface area (Å²) < 4.78 is 12.0. The zero-order chi connectivity index (χ0) is 15.0. The van der Waals surface area contributed by atoms with Crippen LogP contribution < -0.4 is 15.2 Å². The van der Waals surface area contributed by atoms with Gasteiger partial charge in [0.05, 0.1) is 4.47 Å². The molecule has 1 heterocycles. The van der Waals surface area contributed by atoms with Gasteiger partial charge in [0.2, 0.25) is 6.79 Å². The largest absolute Gasteiger partial charge is 0.454 e. The molecule has 116 valence electrons. The maximum atomic E-state index is 6.11. The van der Waals surface area contributed by atoms with E-state index in [0.29, 0.717) is 25.3 Å². The van der Waals surface area contributed by atoms with Gasteiger partial charge in [-0.25, -0.2) is 0 Å². The fourth-order valence-corrected chi connectivity index (χ4v) is 3.58. The Kier molecular flexibility index (Phi) is 4.43. The minimum Gasteiger partial charge on any atom is -0.454 e. The molecule has 21 heavy (non-hydrogen) atoms. The summed E-state index contributed by atoms with van der Waals surface area (Å²) in [4.78, 5) is 2.56. The average molecular weight is 355 g/mol. The number of nitrogens with two attached hydrogens (primary N) is 1. The van der Waals surface area contributed by atoms with Gasteiger partial charge in [0.1, 0.15) is 0 Å². The molecule has 4 nitrogen and oxygen atoms in total. The van der Waals surface area contributed by atoms with Crippen molar-refractivity contribution in [3.8, 4) is 11.5 Å². The Hall–Kier alpha value is -0.780. The molecular weight excluding hydrogens is 332 g/mol. The first-order chi connectivity index (χ1) is 10.1. The molecule has 0 radical (unpaired) electrons. The van der Waals surface area contributed by atoms with Crippen molar-refractivity contribution in [2.75, 3.05) is 19.9 Å². The number of hydrogen-bond donors (Lipinski definition) is 1. The molecule has 5 heteroatoms. The maximum Gasteiger partial charge on any atom is 0.231 e. The van der Waals surface area contributed by atoms with E-state index in [1.54, 1.807) is 0 Å². The van der Waals surface area contributed by atoms with Gasteiger partial charge in [0, 0.05) is 25.2 Å². The average Bonchev–Trinajstić information content (AvgIpc) is 3.16. The summed E-state index contributed by atoms with van der Waals surface area (Å²) in [7, 11) is 0. The monoisotopic (exact) mass is 354 g/mol. The normalized spacial score (nSPS) is 18.6. The molecule has 0 saturated heterocycles. The molecule has 2 N–H and O–H groups in total.